The van der Waals surface area contributed by atoms with Crippen LogP contribution in [0.1, 0.15) is 23.0 Å². The van der Waals surface area contributed by atoms with E-state index in [4.69, 9.17) is 5.73 Å². The van der Waals surface area contributed by atoms with Crippen LogP contribution in [-0.2, 0) is 13.5 Å². The predicted octanol–water partition coefficient (Wildman–Crippen LogP) is 0.0814. The van der Waals surface area contributed by atoms with Crippen molar-refractivity contribution < 1.29 is 4.79 Å². The van der Waals surface area contributed by atoms with E-state index in [-0.39, 0.29) is 0 Å². The number of amides is 1. The van der Waals surface area contributed by atoms with Crippen molar-refractivity contribution in [3.05, 3.63) is 17.5 Å². The molecule has 0 aliphatic rings. The van der Waals surface area contributed by atoms with Gasteiger partial charge in [-0.1, -0.05) is 6.92 Å². The van der Waals surface area contributed by atoms with Crippen molar-refractivity contribution in [2.75, 3.05) is 0 Å². The van der Waals surface area contributed by atoms with E-state index in [1.165, 1.54) is 0 Å². The molecule has 0 fully saturated rings. The molecule has 4 nitrogen and oxygen atoms in total. The fourth-order valence-electron chi connectivity index (χ4n) is 1.00. The minimum absolute atomic E-state index is 0.407. The van der Waals surface area contributed by atoms with Gasteiger partial charge < -0.3 is 5.73 Å². The highest BCUT2D eigenvalue weighted by Gasteiger charge is 2.09. The highest BCUT2D eigenvalue weighted by atomic mass is 16.1. The zero-order valence-corrected chi connectivity index (χ0v) is 6.66. The van der Waals surface area contributed by atoms with Gasteiger partial charge in [0.15, 0.2) is 0 Å². The highest BCUT2D eigenvalue weighted by molar-refractivity contribution is 5.93. The molecule has 1 rings (SSSR count). The smallest absolute Gasteiger partial charge is 0.252 e. The van der Waals surface area contributed by atoms with Gasteiger partial charge in [-0.2, -0.15) is 5.10 Å². The van der Waals surface area contributed by atoms with Crippen molar-refractivity contribution in [3.8, 4) is 0 Å². The van der Waals surface area contributed by atoms with Crippen LogP contribution in [0, 0.1) is 0 Å². The summed E-state index contributed by atoms with van der Waals surface area (Å²) in [5, 5.41) is 4.07. The molecule has 1 aromatic rings. The van der Waals surface area contributed by atoms with Crippen LogP contribution in [0.25, 0.3) is 0 Å². The third-order valence-electron chi connectivity index (χ3n) is 1.51. The molecule has 0 unspecified atom stereocenters. The third-order valence-corrected chi connectivity index (χ3v) is 1.51. The zero-order chi connectivity index (χ0) is 8.43. The van der Waals surface area contributed by atoms with Gasteiger partial charge in [0.2, 0.25) is 0 Å². The Morgan fingerprint density at radius 2 is 2.45 bits per heavy atom. The summed E-state index contributed by atoms with van der Waals surface area (Å²) in [4.78, 5) is 10.8. The minimum atomic E-state index is -0.407. The Balaban J connectivity index is 3.12. The number of carbonyl (C=O) groups is 1. The predicted molar refractivity (Wildman–Crippen MR) is 41.1 cm³/mol. The summed E-state index contributed by atoms with van der Waals surface area (Å²) in [5.74, 6) is -0.407. The molecule has 0 aromatic carbocycles. The number of hydrogen-bond donors (Lipinski definition) is 1. The molecule has 1 amide bonds. The number of nitrogens with zero attached hydrogens (tertiary/aromatic N) is 2. The molecule has 1 heterocycles. The van der Waals surface area contributed by atoms with E-state index >= 15 is 0 Å². The van der Waals surface area contributed by atoms with Crippen molar-refractivity contribution >= 4 is 5.91 Å². The average Bonchev–Trinajstić information content (AvgIpc) is 2.30. The summed E-state index contributed by atoms with van der Waals surface area (Å²) in [6, 6.07) is 0. The summed E-state index contributed by atoms with van der Waals surface area (Å²) in [6.07, 6.45) is 2.38. The molecular formula is C7H11N3O. The number of nitrogens with two attached hydrogens (primary N) is 1. The maximum absolute atomic E-state index is 10.8. The Bertz CT molecular complexity index is 277. The van der Waals surface area contributed by atoms with Crippen molar-refractivity contribution in [2.45, 2.75) is 13.3 Å². The number of rotatable bonds is 2. The first kappa shape index (κ1) is 7.78. The second-order valence-electron chi connectivity index (χ2n) is 2.38. The maximum Gasteiger partial charge on any atom is 0.252 e. The molecule has 0 saturated heterocycles. The fraction of sp³-hybridized carbons (Fsp3) is 0.429. The lowest BCUT2D eigenvalue weighted by Crippen LogP contribution is -2.11. The van der Waals surface area contributed by atoms with Crippen LogP contribution in [0.15, 0.2) is 6.20 Å². The van der Waals surface area contributed by atoms with E-state index in [2.05, 4.69) is 5.10 Å². The third kappa shape index (κ3) is 1.39. The lowest BCUT2D eigenvalue weighted by atomic mass is 10.2. The fourth-order valence-corrected chi connectivity index (χ4v) is 1.00. The molecule has 0 spiro atoms. The van der Waals surface area contributed by atoms with Gasteiger partial charge in [-0.15, -0.1) is 0 Å². The van der Waals surface area contributed by atoms with Crippen LogP contribution in [-0.4, -0.2) is 15.7 Å². The summed E-state index contributed by atoms with van der Waals surface area (Å²) in [5.41, 5.74) is 6.40. The second-order valence-corrected chi connectivity index (χ2v) is 2.38. The van der Waals surface area contributed by atoms with E-state index in [0.717, 1.165) is 12.1 Å². The van der Waals surface area contributed by atoms with Crippen molar-refractivity contribution in [1.29, 1.82) is 0 Å². The molecule has 0 atom stereocenters. The molecule has 11 heavy (non-hydrogen) atoms. The molecule has 0 aliphatic heterocycles. The Hall–Kier alpha value is -1.32. The lowest BCUT2D eigenvalue weighted by molar-refractivity contribution is 0.0999. The van der Waals surface area contributed by atoms with E-state index < -0.39 is 5.91 Å². The van der Waals surface area contributed by atoms with Crippen molar-refractivity contribution in [1.82, 2.24) is 9.78 Å². The molecule has 60 valence electrons. The maximum atomic E-state index is 10.8. The number of carbonyl (C=O) groups excluding carboxylic acids is 1. The normalized spacial score (nSPS) is 10.0. The van der Waals surface area contributed by atoms with Gasteiger partial charge in [0, 0.05) is 13.2 Å². The van der Waals surface area contributed by atoms with Gasteiger partial charge in [0.05, 0.1) is 11.3 Å². The number of primary amides is 1. The number of aryl methyl sites for hydroxylation is 2. The monoisotopic (exact) mass is 153 g/mol. The highest BCUT2D eigenvalue weighted by Crippen LogP contribution is 2.04. The van der Waals surface area contributed by atoms with Gasteiger partial charge in [0.25, 0.3) is 5.91 Å². The first-order chi connectivity index (χ1) is 5.15. The Labute approximate surface area is 65.0 Å². The second kappa shape index (κ2) is 2.74. The van der Waals surface area contributed by atoms with Crippen LogP contribution in [0.5, 0.6) is 0 Å². The molecule has 0 aliphatic carbocycles. The first-order valence-electron chi connectivity index (χ1n) is 3.47. The molecule has 0 bridgehead atoms. The van der Waals surface area contributed by atoms with E-state index in [1.807, 2.05) is 6.92 Å². The molecule has 4 heteroatoms. The summed E-state index contributed by atoms with van der Waals surface area (Å²) < 4.78 is 1.60. The van der Waals surface area contributed by atoms with Crippen LogP contribution >= 0.6 is 0 Å². The Kier molecular flexibility index (Phi) is 1.94. The summed E-state index contributed by atoms with van der Waals surface area (Å²) in [7, 11) is 1.77. The van der Waals surface area contributed by atoms with E-state index in [0.29, 0.717) is 5.56 Å². The van der Waals surface area contributed by atoms with Gasteiger partial charge in [0.1, 0.15) is 0 Å². The largest absolute Gasteiger partial charge is 0.365 e. The van der Waals surface area contributed by atoms with Crippen LogP contribution < -0.4 is 5.73 Å². The van der Waals surface area contributed by atoms with E-state index in [9.17, 15) is 4.79 Å². The minimum Gasteiger partial charge on any atom is -0.365 e. The van der Waals surface area contributed by atoms with Gasteiger partial charge in [-0.3, -0.25) is 9.48 Å². The standard InChI is InChI=1S/C7H11N3O/c1-3-6-5(7(8)11)4-10(2)9-6/h4H,3H2,1-2H3,(H2,8,11). The molecule has 1 aromatic heterocycles. The van der Waals surface area contributed by atoms with Crippen LogP contribution in [0.2, 0.25) is 0 Å². The Morgan fingerprint density at radius 3 is 2.82 bits per heavy atom. The molecule has 0 radical (unpaired) electrons. The Morgan fingerprint density at radius 1 is 1.82 bits per heavy atom. The zero-order valence-electron chi connectivity index (χ0n) is 6.66. The topological polar surface area (TPSA) is 60.9 Å². The number of aromatic nitrogens is 2. The summed E-state index contributed by atoms with van der Waals surface area (Å²) >= 11 is 0. The van der Waals surface area contributed by atoms with Gasteiger partial charge in [-0.05, 0) is 6.42 Å². The number of hydrogen-bond acceptors (Lipinski definition) is 2. The van der Waals surface area contributed by atoms with Crippen molar-refractivity contribution in [3.63, 3.8) is 0 Å². The summed E-state index contributed by atoms with van der Waals surface area (Å²) in [6.45, 7) is 1.94. The van der Waals surface area contributed by atoms with Gasteiger partial charge >= 0.3 is 0 Å². The lowest BCUT2D eigenvalue weighted by Gasteiger charge is -1.90. The van der Waals surface area contributed by atoms with Crippen LogP contribution in [0.4, 0.5) is 0 Å². The first-order valence-corrected chi connectivity index (χ1v) is 3.47. The van der Waals surface area contributed by atoms with Crippen LogP contribution in [0.3, 0.4) is 0 Å². The molecule has 0 saturated carbocycles. The van der Waals surface area contributed by atoms with E-state index in [1.54, 1.807) is 17.9 Å². The SMILES string of the molecule is CCc1nn(C)cc1C(N)=O. The molecule has 2 N–H and O–H groups in total. The quantitative estimate of drug-likeness (QED) is 0.654. The average molecular weight is 153 g/mol. The van der Waals surface area contributed by atoms with Crippen molar-refractivity contribution in [2.24, 2.45) is 12.8 Å². The molecular weight excluding hydrogens is 142 g/mol. The van der Waals surface area contributed by atoms with Gasteiger partial charge in [-0.25, -0.2) is 0 Å².